The van der Waals surface area contributed by atoms with E-state index in [1.807, 2.05) is 29.8 Å². The van der Waals surface area contributed by atoms with Gasteiger partial charge in [0.2, 0.25) is 0 Å². The number of hydrogen-bond acceptors (Lipinski definition) is 4. The number of aromatic nitrogens is 2. The van der Waals surface area contributed by atoms with Crippen LogP contribution in [0.1, 0.15) is 11.6 Å². The minimum Gasteiger partial charge on any atom is -0.480 e. The molecule has 1 aromatic heterocycles. The second-order valence-corrected chi connectivity index (χ2v) is 4.23. The molecule has 0 saturated carbocycles. The van der Waals surface area contributed by atoms with Gasteiger partial charge >= 0.3 is 5.97 Å². The second-order valence-electron chi connectivity index (χ2n) is 4.23. The van der Waals surface area contributed by atoms with Gasteiger partial charge < -0.3 is 20.7 Å². The molecule has 0 spiro atoms. The van der Waals surface area contributed by atoms with Crippen LogP contribution in [-0.2, 0) is 11.8 Å². The number of benzene rings is 1. The van der Waals surface area contributed by atoms with Gasteiger partial charge in [0.25, 0.3) is 0 Å². The van der Waals surface area contributed by atoms with Gasteiger partial charge in [0.15, 0.2) is 0 Å². The van der Waals surface area contributed by atoms with Crippen LogP contribution in [0.15, 0.2) is 24.5 Å². The molecule has 2 rings (SSSR count). The Morgan fingerprint density at radius 1 is 1.56 bits per heavy atom. The molecule has 0 saturated heterocycles. The normalized spacial score (nSPS) is 14.6. The number of carboxylic acids is 1. The smallest absolute Gasteiger partial charge is 0.322 e. The largest absolute Gasteiger partial charge is 0.480 e. The van der Waals surface area contributed by atoms with Crippen LogP contribution in [0.5, 0.6) is 0 Å². The van der Waals surface area contributed by atoms with E-state index in [0.29, 0.717) is 0 Å². The number of nitrogens with two attached hydrogens (primary N) is 1. The third kappa shape index (κ3) is 2.07. The van der Waals surface area contributed by atoms with Crippen LogP contribution in [0.25, 0.3) is 11.0 Å². The Hall–Kier alpha value is -1.92. The van der Waals surface area contributed by atoms with E-state index in [1.54, 1.807) is 13.4 Å². The summed E-state index contributed by atoms with van der Waals surface area (Å²) in [6.45, 7) is 0. The van der Waals surface area contributed by atoms with Gasteiger partial charge in [-0.1, -0.05) is 6.07 Å². The molecule has 96 valence electrons. The molecule has 1 aromatic carbocycles. The molecule has 0 amide bonds. The fraction of sp³-hybridized carbons (Fsp3) is 0.333. The monoisotopic (exact) mass is 248 g/mol. The number of rotatable bonds is 4. The number of nitrogens with one attached hydrogen (secondary N) is 1. The van der Waals surface area contributed by atoms with Crippen molar-refractivity contribution in [1.82, 2.24) is 14.9 Å². The Balaban J connectivity index is 2.42. The fourth-order valence-electron chi connectivity index (χ4n) is 2.04. The molecule has 0 fully saturated rings. The number of imidazole rings is 1. The summed E-state index contributed by atoms with van der Waals surface area (Å²) < 4.78 is 1.91. The molecule has 6 nitrogen and oxygen atoms in total. The number of fused-ring (bicyclic) bond motifs is 1. The topological polar surface area (TPSA) is 93.2 Å². The molecule has 0 aliphatic heterocycles. The highest BCUT2D eigenvalue weighted by Gasteiger charge is 2.24. The van der Waals surface area contributed by atoms with Crippen molar-refractivity contribution in [3.05, 3.63) is 30.1 Å². The zero-order chi connectivity index (χ0) is 13.3. The van der Waals surface area contributed by atoms with Crippen molar-refractivity contribution in [3.63, 3.8) is 0 Å². The van der Waals surface area contributed by atoms with E-state index < -0.39 is 18.1 Å². The van der Waals surface area contributed by atoms with Gasteiger partial charge in [-0.05, 0) is 24.7 Å². The predicted octanol–water partition coefficient (Wildman–Crippen LogP) is 0.246. The lowest BCUT2D eigenvalue weighted by atomic mass is 9.99. The van der Waals surface area contributed by atoms with E-state index in [2.05, 4.69) is 10.3 Å². The minimum atomic E-state index is -1.03. The van der Waals surface area contributed by atoms with E-state index in [-0.39, 0.29) is 0 Å². The molecule has 2 aromatic rings. The summed E-state index contributed by atoms with van der Waals surface area (Å²) in [6.07, 6.45) is 1.72. The first-order valence-electron chi connectivity index (χ1n) is 5.61. The van der Waals surface area contributed by atoms with Gasteiger partial charge in [0.05, 0.1) is 23.4 Å². The highest BCUT2D eigenvalue weighted by molar-refractivity contribution is 5.78. The maximum absolute atomic E-state index is 11.0. The van der Waals surface area contributed by atoms with Gasteiger partial charge in [-0.25, -0.2) is 4.98 Å². The van der Waals surface area contributed by atoms with Crippen molar-refractivity contribution in [3.8, 4) is 0 Å². The molecule has 0 aliphatic rings. The molecule has 6 heteroatoms. The SMILES string of the molecule is CNC(c1ccc2c(c1)ncn2C)C(N)C(=O)O. The van der Waals surface area contributed by atoms with Crippen molar-refractivity contribution in [2.24, 2.45) is 12.8 Å². The van der Waals surface area contributed by atoms with Gasteiger partial charge in [-0.3, -0.25) is 4.79 Å². The maximum atomic E-state index is 11.0. The van der Waals surface area contributed by atoms with Gasteiger partial charge in [0.1, 0.15) is 6.04 Å². The number of hydrogen-bond donors (Lipinski definition) is 3. The summed E-state index contributed by atoms with van der Waals surface area (Å²) in [7, 11) is 3.60. The van der Waals surface area contributed by atoms with Gasteiger partial charge in [-0.2, -0.15) is 0 Å². The molecule has 2 unspecified atom stereocenters. The molecule has 1 heterocycles. The van der Waals surface area contributed by atoms with Crippen LogP contribution in [0, 0.1) is 0 Å². The summed E-state index contributed by atoms with van der Waals surface area (Å²) in [5, 5.41) is 11.9. The number of aliphatic carboxylic acids is 1. The lowest BCUT2D eigenvalue weighted by molar-refractivity contribution is -0.139. The zero-order valence-electron chi connectivity index (χ0n) is 10.3. The van der Waals surface area contributed by atoms with E-state index >= 15 is 0 Å². The summed E-state index contributed by atoms with van der Waals surface area (Å²) in [6, 6.07) is 4.22. The number of carbonyl (C=O) groups is 1. The Morgan fingerprint density at radius 3 is 2.89 bits per heavy atom. The number of nitrogens with zero attached hydrogens (tertiary/aromatic N) is 2. The molecular formula is C12H16N4O2. The quantitative estimate of drug-likeness (QED) is 0.721. The summed E-state index contributed by atoms with van der Waals surface area (Å²) in [5.74, 6) is -1.03. The van der Waals surface area contributed by atoms with E-state index in [4.69, 9.17) is 10.8 Å². The van der Waals surface area contributed by atoms with Crippen LogP contribution in [0.2, 0.25) is 0 Å². The van der Waals surface area contributed by atoms with Crippen LogP contribution < -0.4 is 11.1 Å². The third-order valence-electron chi connectivity index (χ3n) is 3.06. The third-order valence-corrected chi connectivity index (χ3v) is 3.06. The summed E-state index contributed by atoms with van der Waals surface area (Å²) in [5.41, 5.74) is 8.31. The predicted molar refractivity (Wildman–Crippen MR) is 68.1 cm³/mol. The number of likely N-dealkylation sites (N-methyl/N-ethyl adjacent to an activating group) is 1. The lowest BCUT2D eigenvalue weighted by Gasteiger charge is -2.20. The molecular weight excluding hydrogens is 232 g/mol. The van der Waals surface area contributed by atoms with Crippen LogP contribution in [-0.4, -0.2) is 33.7 Å². The first kappa shape index (κ1) is 12.5. The van der Waals surface area contributed by atoms with Crippen molar-refractivity contribution in [1.29, 1.82) is 0 Å². The Kier molecular flexibility index (Phi) is 3.31. The Morgan fingerprint density at radius 2 is 2.28 bits per heavy atom. The van der Waals surface area contributed by atoms with E-state index in [1.165, 1.54) is 0 Å². The average molecular weight is 248 g/mol. The molecule has 18 heavy (non-hydrogen) atoms. The average Bonchev–Trinajstić information content (AvgIpc) is 2.71. The van der Waals surface area contributed by atoms with Gasteiger partial charge in [0, 0.05) is 7.05 Å². The maximum Gasteiger partial charge on any atom is 0.322 e. The molecule has 2 atom stereocenters. The zero-order valence-corrected chi connectivity index (χ0v) is 10.3. The summed E-state index contributed by atoms with van der Waals surface area (Å²) in [4.78, 5) is 15.2. The molecule has 0 aliphatic carbocycles. The van der Waals surface area contributed by atoms with Crippen LogP contribution in [0.3, 0.4) is 0 Å². The first-order chi connectivity index (χ1) is 8.54. The number of carboxylic acid groups (broad SMARTS) is 1. The van der Waals surface area contributed by atoms with E-state index in [9.17, 15) is 4.79 Å². The highest BCUT2D eigenvalue weighted by Crippen LogP contribution is 2.21. The fourth-order valence-corrected chi connectivity index (χ4v) is 2.04. The molecule has 4 N–H and O–H groups in total. The van der Waals surface area contributed by atoms with E-state index in [0.717, 1.165) is 16.6 Å². The second kappa shape index (κ2) is 4.75. The lowest BCUT2D eigenvalue weighted by Crippen LogP contribution is -2.42. The van der Waals surface area contributed by atoms with Crippen LogP contribution >= 0.6 is 0 Å². The number of aryl methyl sites for hydroxylation is 1. The van der Waals surface area contributed by atoms with Crippen molar-refractivity contribution >= 4 is 17.0 Å². The van der Waals surface area contributed by atoms with Crippen molar-refractivity contribution in [2.75, 3.05) is 7.05 Å². The molecule has 0 bridgehead atoms. The Labute approximate surface area is 104 Å². The summed E-state index contributed by atoms with van der Waals surface area (Å²) >= 11 is 0. The van der Waals surface area contributed by atoms with Crippen molar-refractivity contribution < 1.29 is 9.90 Å². The molecule has 0 radical (unpaired) electrons. The van der Waals surface area contributed by atoms with Crippen molar-refractivity contribution in [2.45, 2.75) is 12.1 Å². The minimum absolute atomic E-state index is 0.436. The standard InChI is InChI=1S/C12H16N4O2/c1-14-11(10(13)12(17)18)7-3-4-9-8(5-7)15-6-16(9)2/h3-6,10-11,14H,13H2,1-2H3,(H,17,18). The first-order valence-corrected chi connectivity index (χ1v) is 5.61. The Bertz CT molecular complexity index is 578. The van der Waals surface area contributed by atoms with Crippen LogP contribution in [0.4, 0.5) is 0 Å². The van der Waals surface area contributed by atoms with Gasteiger partial charge in [-0.15, -0.1) is 0 Å². The highest BCUT2D eigenvalue weighted by atomic mass is 16.4.